The number of aryl methyl sites for hydroxylation is 1. The number of hydrogen-bond donors (Lipinski definition) is 19. The van der Waals surface area contributed by atoms with Crippen molar-refractivity contribution in [2.75, 3.05) is 0 Å². The van der Waals surface area contributed by atoms with Gasteiger partial charge in [0.15, 0.2) is 0 Å². The van der Waals surface area contributed by atoms with Crippen molar-refractivity contribution in [3.8, 4) is 92.0 Å². The van der Waals surface area contributed by atoms with Crippen LogP contribution in [-0.4, -0.2) is 97.0 Å². The molecule has 0 saturated heterocycles. The summed E-state index contributed by atoms with van der Waals surface area (Å²) in [5.41, 5.74) is 3.70. The number of hydrogen-bond acceptors (Lipinski definition) is 24. The second kappa shape index (κ2) is 28.9. The number of aromatic hydroxyl groups is 16. The van der Waals surface area contributed by atoms with E-state index in [-0.39, 0.29) is 264 Å². The van der Waals surface area contributed by atoms with Crippen LogP contribution < -0.4 is 0 Å². The van der Waals surface area contributed by atoms with E-state index in [0.29, 0.717) is 11.1 Å². The summed E-state index contributed by atoms with van der Waals surface area (Å²) in [6.07, 6.45) is -1.80. The van der Waals surface area contributed by atoms with E-state index in [2.05, 4.69) is 0 Å². The smallest absolute Gasteiger partial charge is 0.130 e. The van der Waals surface area contributed by atoms with Gasteiger partial charge in [0, 0.05) is 110 Å². The average molecular weight is 1310 g/mol. The third-order valence-corrected chi connectivity index (χ3v) is 17.4. The molecule has 0 bridgehead atoms. The molecule has 496 valence electrons. The van der Waals surface area contributed by atoms with Crippen molar-refractivity contribution in [1.82, 2.24) is 0 Å². The van der Waals surface area contributed by atoms with Gasteiger partial charge in [-0.1, -0.05) is 0 Å². The Bertz CT molecular complexity index is 4310. The van der Waals surface area contributed by atoms with E-state index in [4.69, 9.17) is 18.9 Å². The minimum atomic E-state index is -1.17. The fraction of sp³-hybridized carbons (Fsp3) is 0.257. The first kappa shape index (κ1) is 68.3. The van der Waals surface area contributed by atoms with Crippen molar-refractivity contribution in [2.24, 2.45) is 0 Å². The maximum atomic E-state index is 11.4. The molecule has 0 amide bonds. The molecule has 23 nitrogen and oxygen atoms in total. The van der Waals surface area contributed by atoms with Crippen LogP contribution in [0.15, 0.2) is 83.6 Å². The molecule has 19 N–H and O–H groups in total. The van der Waals surface area contributed by atoms with Crippen LogP contribution in [-0.2, 0) is 104 Å². The van der Waals surface area contributed by atoms with Crippen LogP contribution in [0, 0.1) is 27.7 Å². The lowest BCUT2D eigenvalue weighted by Gasteiger charge is -2.19. The van der Waals surface area contributed by atoms with E-state index in [9.17, 15) is 97.0 Å². The molecule has 1 unspecified atom stereocenters. The van der Waals surface area contributed by atoms with Gasteiger partial charge in [-0.05, 0) is 138 Å². The highest BCUT2D eigenvalue weighted by atomic mass is 32.1. The molecule has 1 atom stereocenters. The zero-order valence-corrected chi connectivity index (χ0v) is 52.2. The SMILES string of the molecule is Cc1cc(COCc2cc(C(O)c3ccsc3)c(O)c(C)c2O)c(O)c(COCc2cc(Cc3cc(Cc4cc(COCc5c(COCc6cc(CO)c(O)c(Cc7cc(O)c(C)c(O)c7CO)c6O)cc(O)c(C)c5O)c(O)cc4O)c(O)cc3O)c(O)cc2O)c1O. The zero-order chi connectivity index (χ0) is 68.1. The van der Waals surface area contributed by atoms with Crippen LogP contribution in [0.1, 0.15) is 128 Å². The van der Waals surface area contributed by atoms with Crippen molar-refractivity contribution in [3.63, 3.8) is 0 Å². The fourth-order valence-corrected chi connectivity index (χ4v) is 11.8. The molecule has 0 fully saturated rings. The number of phenols is 16. The maximum absolute atomic E-state index is 11.4. The summed E-state index contributed by atoms with van der Waals surface area (Å²) in [6.45, 7) is 2.36. The van der Waals surface area contributed by atoms with E-state index in [1.54, 1.807) is 23.8 Å². The summed E-state index contributed by atoms with van der Waals surface area (Å²) in [6, 6.07) is 16.1. The molecule has 94 heavy (non-hydrogen) atoms. The molecule has 9 aromatic rings. The van der Waals surface area contributed by atoms with E-state index < -0.39 is 30.8 Å². The van der Waals surface area contributed by atoms with E-state index in [1.165, 1.54) is 80.6 Å². The molecule has 8 aromatic carbocycles. The molecule has 0 spiro atoms. The summed E-state index contributed by atoms with van der Waals surface area (Å²) in [5, 5.41) is 210. The first-order chi connectivity index (χ1) is 44.7. The highest BCUT2D eigenvalue weighted by Crippen LogP contribution is 2.45. The van der Waals surface area contributed by atoms with Crippen LogP contribution in [0.2, 0.25) is 0 Å². The largest absolute Gasteiger partial charge is 0.508 e. The number of thiophene rings is 1. The van der Waals surface area contributed by atoms with Crippen LogP contribution in [0.25, 0.3) is 0 Å². The Morgan fingerprint density at radius 3 is 1.24 bits per heavy atom. The predicted octanol–water partition coefficient (Wildman–Crippen LogP) is 9.98. The average Bonchev–Trinajstić information content (AvgIpc) is 0.926. The number of aliphatic hydroxyl groups excluding tert-OH is 3. The molecule has 0 saturated carbocycles. The Kier molecular flexibility index (Phi) is 21.0. The Labute approximate surface area is 542 Å². The molecular weight excluding hydrogens is 1240 g/mol. The summed E-state index contributed by atoms with van der Waals surface area (Å²) in [4.78, 5) is 0. The highest BCUT2D eigenvalue weighted by molar-refractivity contribution is 7.08. The lowest BCUT2D eigenvalue weighted by Crippen LogP contribution is -2.05. The number of benzene rings is 8. The molecule has 0 aliphatic heterocycles. The number of aliphatic hydroxyl groups is 3. The van der Waals surface area contributed by atoms with Gasteiger partial charge in [0.05, 0.1) is 71.6 Å². The predicted molar refractivity (Wildman–Crippen MR) is 340 cm³/mol. The molecule has 0 aliphatic carbocycles. The van der Waals surface area contributed by atoms with Gasteiger partial charge >= 0.3 is 0 Å². The second-order valence-corrected chi connectivity index (χ2v) is 23.7. The molecule has 9 rings (SSSR count). The van der Waals surface area contributed by atoms with Crippen molar-refractivity contribution in [1.29, 1.82) is 0 Å². The van der Waals surface area contributed by atoms with Crippen molar-refractivity contribution < 1.29 is 116 Å². The first-order valence-electron chi connectivity index (χ1n) is 29.2. The minimum Gasteiger partial charge on any atom is -0.508 e. The Balaban J connectivity index is 0.844. The van der Waals surface area contributed by atoms with Gasteiger partial charge in [0.2, 0.25) is 0 Å². The molecule has 1 aromatic heterocycles. The van der Waals surface area contributed by atoms with Crippen LogP contribution in [0.4, 0.5) is 0 Å². The molecule has 0 radical (unpaired) electrons. The van der Waals surface area contributed by atoms with E-state index >= 15 is 0 Å². The molecule has 0 aliphatic rings. The third kappa shape index (κ3) is 14.4. The van der Waals surface area contributed by atoms with Gasteiger partial charge in [-0.2, -0.15) is 11.3 Å². The number of phenolic OH excluding ortho intramolecular Hbond substituents is 14. The lowest BCUT2D eigenvalue weighted by molar-refractivity contribution is 0.0901. The summed E-state index contributed by atoms with van der Waals surface area (Å²) in [5.74, 6) is -5.57. The van der Waals surface area contributed by atoms with Gasteiger partial charge < -0.3 is 116 Å². The minimum absolute atomic E-state index is 0.00434. The standard InChI is InChI=1S/C70H72O23S/c1-32-7-46(26-91-28-48-15-49(66(85)35(4)63(48)82)67(86)36-5-6-94-31-36)70(89)53(62(32)81)30-93-25-45-12-41(59(78)20-61(45)80)10-39-8-38(56(75)18-57(39)76)9-40-11-44(60(79)19-58(40)77)24-92-29-52-43(17-55(74)34(3)65(52)84)23-90-27-47-13-42(21-71)68(87)50(69(47)88)14-37-16-54(73)33(2)64(83)51(37)22-72/h5-8,11-13,15-20,31,67,71-89H,9-10,14,21-30H2,1-4H3. The number of ether oxygens (including phenoxy) is 4. The molecule has 24 heteroatoms. The van der Waals surface area contributed by atoms with Crippen molar-refractivity contribution >= 4 is 11.3 Å². The first-order valence-corrected chi connectivity index (χ1v) is 30.2. The monoisotopic (exact) mass is 1310 g/mol. The number of rotatable bonds is 26. The van der Waals surface area contributed by atoms with Gasteiger partial charge in [-0.25, -0.2) is 0 Å². The quantitative estimate of drug-likeness (QED) is 0.0240. The van der Waals surface area contributed by atoms with E-state index in [1.807, 2.05) is 0 Å². The van der Waals surface area contributed by atoms with Crippen LogP contribution >= 0.6 is 11.3 Å². The van der Waals surface area contributed by atoms with Crippen molar-refractivity contribution in [2.45, 2.75) is 119 Å². The summed E-state index contributed by atoms with van der Waals surface area (Å²) in [7, 11) is 0. The Morgan fingerprint density at radius 2 is 0.734 bits per heavy atom. The van der Waals surface area contributed by atoms with E-state index in [0.717, 1.165) is 18.2 Å². The third-order valence-electron chi connectivity index (χ3n) is 16.7. The highest BCUT2D eigenvalue weighted by Gasteiger charge is 2.26. The maximum Gasteiger partial charge on any atom is 0.130 e. The van der Waals surface area contributed by atoms with Gasteiger partial charge in [-0.15, -0.1) is 0 Å². The zero-order valence-electron chi connectivity index (χ0n) is 51.4. The molecular formula is C70H72O23S. The Morgan fingerprint density at radius 1 is 0.319 bits per heavy atom. The normalized spacial score (nSPS) is 11.9. The van der Waals surface area contributed by atoms with Crippen LogP contribution in [0.5, 0.6) is 92.0 Å². The van der Waals surface area contributed by atoms with Gasteiger partial charge in [0.25, 0.3) is 0 Å². The lowest BCUT2D eigenvalue weighted by atomic mass is 9.93. The van der Waals surface area contributed by atoms with Crippen molar-refractivity contribution in [3.05, 3.63) is 206 Å². The summed E-state index contributed by atoms with van der Waals surface area (Å²) < 4.78 is 23.7. The Hall–Kier alpha value is -10.0. The molecule has 1 heterocycles. The fourth-order valence-electron chi connectivity index (χ4n) is 11.1. The summed E-state index contributed by atoms with van der Waals surface area (Å²) >= 11 is 1.37. The van der Waals surface area contributed by atoms with Gasteiger partial charge in [-0.3, -0.25) is 0 Å². The second-order valence-electron chi connectivity index (χ2n) is 23.0. The van der Waals surface area contributed by atoms with Gasteiger partial charge in [0.1, 0.15) is 98.1 Å². The topological polar surface area (TPSA) is 421 Å². The van der Waals surface area contributed by atoms with Crippen LogP contribution in [0.3, 0.4) is 0 Å².